The Kier molecular flexibility index (Phi) is 3.51. The number of nitrogens with zero attached hydrogens (tertiary/aromatic N) is 2. The largest absolute Gasteiger partial charge is 0.496 e. The second-order valence-electron chi connectivity index (χ2n) is 3.74. The van der Waals surface area contributed by atoms with Gasteiger partial charge in [0.2, 0.25) is 0 Å². The number of hydrogen-bond donors (Lipinski definition) is 0. The quantitative estimate of drug-likeness (QED) is 0.478. The Hall–Kier alpha value is -2.76. The van der Waals surface area contributed by atoms with E-state index in [0.717, 1.165) is 5.56 Å². The normalized spacial score (nSPS) is 9.95. The second kappa shape index (κ2) is 5.26. The van der Waals surface area contributed by atoms with Crippen LogP contribution in [-0.2, 0) is 0 Å². The Morgan fingerprint density at radius 3 is 2.53 bits per heavy atom. The van der Waals surface area contributed by atoms with Gasteiger partial charge in [-0.1, -0.05) is 6.07 Å². The lowest BCUT2D eigenvalue weighted by molar-refractivity contribution is -0.389. The fourth-order valence-electron chi connectivity index (χ4n) is 1.67. The molecule has 1 aromatic carbocycles. The molecule has 96 valence electrons. The maximum absolute atomic E-state index is 10.9. The highest BCUT2D eigenvalue weighted by atomic mass is 16.6. The van der Waals surface area contributed by atoms with E-state index < -0.39 is 4.92 Å². The number of rotatable bonds is 4. The van der Waals surface area contributed by atoms with Crippen LogP contribution in [0.4, 0.5) is 5.82 Å². The average Bonchev–Trinajstić information content (AvgIpc) is 2.46. The van der Waals surface area contributed by atoms with E-state index in [4.69, 9.17) is 4.74 Å². The molecule has 0 atom stereocenters. The molecule has 19 heavy (non-hydrogen) atoms. The van der Waals surface area contributed by atoms with Crippen LogP contribution in [0.3, 0.4) is 0 Å². The first-order valence-corrected chi connectivity index (χ1v) is 5.39. The van der Waals surface area contributed by atoms with Gasteiger partial charge in [0.25, 0.3) is 0 Å². The van der Waals surface area contributed by atoms with Gasteiger partial charge in [0.05, 0.1) is 12.7 Å². The topological polar surface area (TPSA) is 82.3 Å². The number of aldehydes is 1. The SMILES string of the molecule is COc1ccc(-c2ccc([N+](=O)[O-])nc2)cc1C=O. The molecule has 0 saturated carbocycles. The molecule has 0 aliphatic rings. The van der Waals surface area contributed by atoms with Crippen LogP contribution in [0.1, 0.15) is 10.4 Å². The van der Waals surface area contributed by atoms with E-state index >= 15 is 0 Å². The fourth-order valence-corrected chi connectivity index (χ4v) is 1.67. The molecular weight excluding hydrogens is 248 g/mol. The summed E-state index contributed by atoms with van der Waals surface area (Å²) < 4.78 is 5.04. The van der Waals surface area contributed by atoms with Crippen LogP contribution in [0.15, 0.2) is 36.5 Å². The first-order chi connectivity index (χ1) is 9.15. The number of ether oxygens (including phenoxy) is 1. The molecule has 0 spiro atoms. The summed E-state index contributed by atoms with van der Waals surface area (Å²) in [5.74, 6) is 0.265. The molecule has 2 rings (SSSR count). The molecule has 0 radical (unpaired) electrons. The van der Waals surface area contributed by atoms with Gasteiger partial charge in [-0.15, -0.1) is 0 Å². The first-order valence-electron chi connectivity index (χ1n) is 5.39. The maximum Gasteiger partial charge on any atom is 0.363 e. The van der Waals surface area contributed by atoms with Gasteiger partial charge in [0.15, 0.2) is 6.29 Å². The van der Waals surface area contributed by atoms with E-state index in [2.05, 4.69) is 4.98 Å². The van der Waals surface area contributed by atoms with Crippen molar-refractivity contribution >= 4 is 12.1 Å². The van der Waals surface area contributed by atoms with Gasteiger partial charge in [0, 0.05) is 11.6 Å². The van der Waals surface area contributed by atoms with Crippen LogP contribution in [0.2, 0.25) is 0 Å². The summed E-state index contributed by atoms with van der Waals surface area (Å²) in [5, 5.41) is 10.5. The zero-order chi connectivity index (χ0) is 13.8. The third-order valence-corrected chi connectivity index (χ3v) is 2.62. The minimum Gasteiger partial charge on any atom is -0.496 e. The van der Waals surface area contributed by atoms with E-state index in [1.54, 1.807) is 24.3 Å². The van der Waals surface area contributed by atoms with Crippen molar-refractivity contribution in [1.82, 2.24) is 4.98 Å². The molecule has 0 aliphatic heterocycles. The van der Waals surface area contributed by atoms with Gasteiger partial charge in [0.1, 0.15) is 11.9 Å². The Bertz CT molecular complexity index is 623. The van der Waals surface area contributed by atoms with Gasteiger partial charge in [-0.3, -0.25) is 4.79 Å². The highest BCUT2D eigenvalue weighted by Crippen LogP contribution is 2.25. The fraction of sp³-hybridized carbons (Fsp3) is 0.0769. The Morgan fingerprint density at radius 1 is 1.26 bits per heavy atom. The second-order valence-corrected chi connectivity index (χ2v) is 3.74. The Balaban J connectivity index is 2.41. The van der Waals surface area contributed by atoms with Gasteiger partial charge in [-0.2, -0.15) is 0 Å². The van der Waals surface area contributed by atoms with Crippen molar-refractivity contribution in [1.29, 1.82) is 0 Å². The van der Waals surface area contributed by atoms with E-state index in [0.29, 0.717) is 23.2 Å². The van der Waals surface area contributed by atoms with Crippen molar-refractivity contribution in [2.75, 3.05) is 7.11 Å². The molecular formula is C13H10N2O4. The molecule has 0 bridgehead atoms. The number of nitro groups is 1. The highest BCUT2D eigenvalue weighted by molar-refractivity contribution is 5.82. The number of carbonyl (C=O) groups is 1. The summed E-state index contributed by atoms with van der Waals surface area (Å²) in [6.45, 7) is 0. The molecule has 0 fully saturated rings. The van der Waals surface area contributed by atoms with Crippen molar-refractivity contribution in [2.24, 2.45) is 0 Å². The van der Waals surface area contributed by atoms with Crippen LogP contribution in [-0.4, -0.2) is 23.3 Å². The van der Waals surface area contributed by atoms with Gasteiger partial charge >= 0.3 is 5.82 Å². The molecule has 1 aromatic heterocycles. The summed E-state index contributed by atoms with van der Waals surface area (Å²) in [6, 6.07) is 7.98. The van der Waals surface area contributed by atoms with Crippen molar-refractivity contribution in [3.63, 3.8) is 0 Å². The predicted molar refractivity (Wildman–Crippen MR) is 68.3 cm³/mol. The van der Waals surface area contributed by atoms with Crippen LogP contribution in [0, 0.1) is 10.1 Å². The monoisotopic (exact) mass is 258 g/mol. The Morgan fingerprint density at radius 2 is 2.00 bits per heavy atom. The van der Waals surface area contributed by atoms with Crippen LogP contribution in [0.25, 0.3) is 11.1 Å². The van der Waals surface area contributed by atoms with Crippen molar-refractivity contribution in [3.05, 3.63) is 52.2 Å². The number of benzene rings is 1. The number of carbonyl (C=O) groups excluding carboxylic acids is 1. The van der Waals surface area contributed by atoms with Gasteiger partial charge < -0.3 is 14.9 Å². The first kappa shape index (κ1) is 12.7. The summed E-state index contributed by atoms with van der Waals surface area (Å²) in [6.07, 6.45) is 2.09. The summed E-state index contributed by atoms with van der Waals surface area (Å²) in [5.41, 5.74) is 1.85. The number of aromatic nitrogens is 1. The lowest BCUT2D eigenvalue weighted by atomic mass is 10.0. The number of pyridine rings is 1. The summed E-state index contributed by atoms with van der Waals surface area (Å²) in [7, 11) is 1.48. The lowest BCUT2D eigenvalue weighted by Gasteiger charge is -2.05. The lowest BCUT2D eigenvalue weighted by Crippen LogP contribution is -1.93. The predicted octanol–water partition coefficient (Wildman–Crippen LogP) is 2.48. The molecule has 6 heteroatoms. The van der Waals surface area contributed by atoms with Crippen molar-refractivity contribution in [3.8, 4) is 16.9 Å². The van der Waals surface area contributed by atoms with Crippen LogP contribution >= 0.6 is 0 Å². The Labute approximate surface area is 108 Å². The zero-order valence-electron chi connectivity index (χ0n) is 10.1. The van der Waals surface area contributed by atoms with E-state index in [-0.39, 0.29) is 5.82 Å². The molecule has 0 amide bonds. The zero-order valence-corrected chi connectivity index (χ0v) is 10.1. The molecule has 0 saturated heterocycles. The van der Waals surface area contributed by atoms with E-state index in [1.165, 1.54) is 19.4 Å². The molecule has 1 heterocycles. The highest BCUT2D eigenvalue weighted by Gasteiger charge is 2.09. The van der Waals surface area contributed by atoms with Gasteiger partial charge in [-0.25, -0.2) is 0 Å². The van der Waals surface area contributed by atoms with E-state index in [9.17, 15) is 14.9 Å². The third-order valence-electron chi connectivity index (χ3n) is 2.62. The smallest absolute Gasteiger partial charge is 0.363 e. The number of methoxy groups -OCH3 is 1. The molecule has 0 aliphatic carbocycles. The van der Waals surface area contributed by atoms with Crippen LogP contribution in [0.5, 0.6) is 5.75 Å². The summed E-state index contributed by atoms with van der Waals surface area (Å²) >= 11 is 0. The molecule has 0 unspecified atom stereocenters. The average molecular weight is 258 g/mol. The van der Waals surface area contributed by atoms with Crippen molar-refractivity contribution in [2.45, 2.75) is 0 Å². The third kappa shape index (κ3) is 2.57. The minimum atomic E-state index is -0.561. The molecule has 2 aromatic rings. The van der Waals surface area contributed by atoms with Crippen molar-refractivity contribution < 1.29 is 14.5 Å². The van der Waals surface area contributed by atoms with E-state index in [1.807, 2.05) is 0 Å². The molecule has 6 nitrogen and oxygen atoms in total. The summed E-state index contributed by atoms with van der Waals surface area (Å²) in [4.78, 5) is 24.6. The standard InChI is InChI=1S/C13H10N2O4/c1-19-12-4-2-9(6-11(12)8-16)10-3-5-13(14-7-10)15(17)18/h2-8H,1H3. The minimum absolute atomic E-state index is 0.215. The van der Waals surface area contributed by atoms with Crippen LogP contribution < -0.4 is 4.74 Å². The maximum atomic E-state index is 10.9. The molecule has 0 N–H and O–H groups in total. The van der Waals surface area contributed by atoms with Gasteiger partial charge in [-0.05, 0) is 33.7 Å². The number of hydrogen-bond acceptors (Lipinski definition) is 5.